The first kappa shape index (κ1) is 36.0. The van der Waals surface area contributed by atoms with Crippen LogP contribution in [0.25, 0.3) is 98.1 Å². The van der Waals surface area contributed by atoms with Gasteiger partial charge in [0.15, 0.2) is 0 Å². The number of rotatable bonds is 5. The van der Waals surface area contributed by atoms with Gasteiger partial charge in [0, 0.05) is 55.9 Å². The molecule has 10 aromatic carbocycles. The molecule has 0 spiro atoms. The Morgan fingerprint density at radius 1 is 0.524 bits per heavy atom. The molecule has 0 aliphatic carbocycles. The highest BCUT2D eigenvalue weighted by molar-refractivity contribution is 6.30. The lowest BCUT2D eigenvalue weighted by Crippen LogP contribution is -2.14. The average molecular weight is 807 g/mol. The molecule has 298 valence electrons. The topological polar surface area (TPSA) is 30.4 Å². The molecule has 63 heavy (non-hydrogen) atoms. The molecule has 0 saturated carbocycles. The number of benzene rings is 10. The summed E-state index contributed by atoms with van der Waals surface area (Å²) in [5, 5.41) is 14.3. The second kappa shape index (κ2) is 14.2. The van der Waals surface area contributed by atoms with Crippen molar-refractivity contribution in [3.63, 3.8) is 0 Å². The fourth-order valence-corrected chi connectivity index (χ4v) is 10.9. The predicted molar refractivity (Wildman–Crippen MR) is 267 cm³/mol. The Morgan fingerprint density at radius 2 is 1.08 bits per heavy atom. The fraction of sp³-hybridized carbons (Fsp3) is 0.0833. The quantitative estimate of drug-likeness (QED) is 0.170. The van der Waals surface area contributed by atoms with E-state index in [1.807, 2.05) is 0 Å². The highest BCUT2D eigenvalue weighted by Crippen LogP contribution is 2.48. The maximum Gasteiger partial charge on any atom is 0.144 e. The van der Waals surface area contributed by atoms with Crippen molar-refractivity contribution in [1.29, 1.82) is 0 Å². The summed E-state index contributed by atoms with van der Waals surface area (Å²) in [5.41, 5.74) is 11.3. The minimum Gasteiger partial charge on any atom is -0.455 e. The summed E-state index contributed by atoms with van der Waals surface area (Å²) in [6, 6.07) is 71.0. The minimum atomic E-state index is -0.120. The molecule has 3 nitrogen and oxygen atoms in total. The van der Waals surface area contributed by atoms with Gasteiger partial charge < -0.3 is 8.98 Å². The second-order valence-electron chi connectivity index (χ2n) is 17.2. The van der Waals surface area contributed by atoms with Crippen LogP contribution >= 0.6 is 0 Å². The van der Waals surface area contributed by atoms with Crippen molar-refractivity contribution in [1.82, 2.24) is 4.57 Å². The molecule has 0 radical (unpaired) electrons. The van der Waals surface area contributed by atoms with E-state index in [9.17, 15) is 0 Å². The number of para-hydroxylation sites is 1. The number of allylic oxidation sites excluding steroid dienone is 1. The fourth-order valence-electron chi connectivity index (χ4n) is 10.9. The van der Waals surface area contributed by atoms with Crippen LogP contribution in [0.2, 0.25) is 0 Å². The van der Waals surface area contributed by atoms with E-state index < -0.39 is 0 Å². The van der Waals surface area contributed by atoms with Crippen molar-refractivity contribution >= 4 is 98.1 Å². The highest BCUT2D eigenvalue weighted by atomic mass is 16.3. The van der Waals surface area contributed by atoms with Gasteiger partial charge in [0.05, 0.1) is 22.8 Å². The van der Waals surface area contributed by atoms with Gasteiger partial charge in [-0.2, -0.15) is 0 Å². The van der Waals surface area contributed by atoms with Crippen molar-refractivity contribution < 1.29 is 4.42 Å². The first-order valence-corrected chi connectivity index (χ1v) is 22.2. The van der Waals surface area contributed by atoms with Crippen molar-refractivity contribution in [2.45, 2.75) is 25.8 Å². The molecule has 1 aliphatic rings. The number of nitrogens with zero attached hydrogens (tertiary/aromatic N) is 2. The van der Waals surface area contributed by atoms with Gasteiger partial charge in [0.2, 0.25) is 0 Å². The number of hydrogen-bond donors (Lipinski definition) is 0. The van der Waals surface area contributed by atoms with Crippen LogP contribution in [0.1, 0.15) is 42.5 Å². The van der Waals surface area contributed by atoms with Gasteiger partial charge in [-0.3, -0.25) is 4.99 Å². The molecule has 3 heteroatoms. The molecule has 0 saturated heterocycles. The minimum absolute atomic E-state index is 0.120. The van der Waals surface area contributed by atoms with Crippen LogP contribution in [0, 0.1) is 5.92 Å². The van der Waals surface area contributed by atoms with E-state index in [0.717, 1.165) is 56.1 Å². The van der Waals surface area contributed by atoms with Crippen molar-refractivity contribution in [2.24, 2.45) is 10.9 Å². The van der Waals surface area contributed by atoms with E-state index in [4.69, 9.17) is 9.41 Å². The van der Waals surface area contributed by atoms with Gasteiger partial charge in [0.1, 0.15) is 11.2 Å². The molecule has 0 bridgehead atoms. The lowest BCUT2D eigenvalue weighted by atomic mass is 9.81. The van der Waals surface area contributed by atoms with Gasteiger partial charge in [-0.1, -0.05) is 171 Å². The van der Waals surface area contributed by atoms with E-state index >= 15 is 0 Å². The third-order valence-electron chi connectivity index (χ3n) is 13.8. The molecule has 2 aromatic heterocycles. The van der Waals surface area contributed by atoms with Crippen LogP contribution in [0.15, 0.2) is 210 Å². The Kier molecular flexibility index (Phi) is 8.08. The van der Waals surface area contributed by atoms with Gasteiger partial charge in [0.25, 0.3) is 0 Å². The van der Waals surface area contributed by atoms with Crippen LogP contribution in [-0.4, -0.2) is 10.3 Å². The van der Waals surface area contributed by atoms with Crippen LogP contribution in [0.4, 0.5) is 0 Å². The second-order valence-corrected chi connectivity index (χ2v) is 17.2. The molecule has 0 fully saturated rings. The van der Waals surface area contributed by atoms with E-state index in [0.29, 0.717) is 6.42 Å². The van der Waals surface area contributed by atoms with Crippen LogP contribution in [0.3, 0.4) is 0 Å². The van der Waals surface area contributed by atoms with E-state index in [1.54, 1.807) is 0 Å². The van der Waals surface area contributed by atoms with Crippen LogP contribution < -0.4 is 0 Å². The van der Waals surface area contributed by atoms with Crippen molar-refractivity contribution in [2.75, 3.05) is 0 Å². The average Bonchev–Trinajstić information content (AvgIpc) is 3.79. The third kappa shape index (κ3) is 5.56. The highest BCUT2D eigenvalue weighted by Gasteiger charge is 2.32. The molecule has 0 amide bonds. The summed E-state index contributed by atoms with van der Waals surface area (Å²) in [7, 11) is 0. The van der Waals surface area contributed by atoms with E-state index in [1.165, 1.54) is 70.8 Å². The summed E-state index contributed by atoms with van der Waals surface area (Å²) in [4.78, 5) is 6.09. The van der Waals surface area contributed by atoms with E-state index in [2.05, 4.69) is 212 Å². The lowest BCUT2D eigenvalue weighted by molar-refractivity contribution is 0.526. The van der Waals surface area contributed by atoms with Crippen LogP contribution in [0.5, 0.6) is 0 Å². The predicted octanol–water partition coefficient (Wildman–Crippen LogP) is 16.3. The molecular formula is C60H42N2O. The summed E-state index contributed by atoms with van der Waals surface area (Å²) >= 11 is 0. The van der Waals surface area contributed by atoms with Gasteiger partial charge in [-0.25, -0.2) is 0 Å². The summed E-state index contributed by atoms with van der Waals surface area (Å²) in [6.07, 6.45) is 4.10. The molecule has 0 N–H and O–H groups in total. The van der Waals surface area contributed by atoms with Crippen LogP contribution in [-0.2, 0) is 0 Å². The third-order valence-corrected chi connectivity index (χ3v) is 13.8. The Morgan fingerprint density at radius 3 is 1.75 bits per heavy atom. The lowest BCUT2D eigenvalue weighted by Gasteiger charge is -2.26. The van der Waals surface area contributed by atoms with Gasteiger partial charge >= 0.3 is 0 Å². The zero-order chi connectivity index (χ0) is 41.6. The standard InChI is InChI=1S/C60H42N2O/c1-2-45-46(44-29-28-37-16-6-7-19-39(37)32-44)30-31-52(61-58(45)38-17-4-3-5-18-38)57-56-49-26-14-15-27-55(49)63-60(56)48-25-13-12-24-47(48)59(57)62-53-35-42-22-10-8-20-40(42)33-50(53)51-34-41-21-9-11-23-43(41)36-54(51)62/h3-30,32-36,45,58H,2,31H2,1H3/t45-,58?/m0/s1. The Hall–Kier alpha value is -7.75. The summed E-state index contributed by atoms with van der Waals surface area (Å²) < 4.78 is 9.56. The Labute approximate surface area is 364 Å². The number of aromatic nitrogens is 1. The zero-order valence-corrected chi connectivity index (χ0v) is 34.9. The monoisotopic (exact) mass is 806 g/mol. The maximum absolute atomic E-state index is 7.00. The number of hydrogen-bond acceptors (Lipinski definition) is 2. The molecule has 1 unspecified atom stereocenters. The van der Waals surface area contributed by atoms with Gasteiger partial charge in [-0.15, -0.1) is 0 Å². The van der Waals surface area contributed by atoms with Crippen molar-refractivity contribution in [3.8, 4) is 5.69 Å². The number of furan rings is 1. The number of aliphatic imine (C=N–C) groups is 1. The Balaban J connectivity index is 1.20. The van der Waals surface area contributed by atoms with E-state index in [-0.39, 0.29) is 12.0 Å². The molecule has 3 heterocycles. The summed E-state index contributed by atoms with van der Waals surface area (Å²) in [6.45, 7) is 2.33. The Bertz CT molecular complexity index is 3790. The first-order chi connectivity index (χ1) is 31.2. The normalized spacial score (nSPS) is 15.9. The maximum atomic E-state index is 7.00. The molecule has 13 rings (SSSR count). The molecule has 1 aliphatic heterocycles. The summed E-state index contributed by atoms with van der Waals surface area (Å²) in [5.74, 6) is 0.150. The van der Waals surface area contributed by atoms with Crippen molar-refractivity contribution in [3.05, 3.63) is 217 Å². The SMILES string of the molecule is CC[C@H]1C(c2ccc3ccccc3c2)=CCC(c2c(-n3c4cc5ccccc5cc4c4cc5ccccc5cc43)c3ccccc3c3oc4ccccc4c23)=NC1c1ccccc1. The molecular weight excluding hydrogens is 765 g/mol. The smallest absolute Gasteiger partial charge is 0.144 e. The molecule has 12 aromatic rings. The zero-order valence-electron chi connectivity index (χ0n) is 34.9. The molecule has 2 atom stereocenters. The number of fused-ring (bicyclic) bond motifs is 11. The first-order valence-electron chi connectivity index (χ1n) is 22.2. The van der Waals surface area contributed by atoms with Gasteiger partial charge in [-0.05, 0) is 91.8 Å². The largest absolute Gasteiger partial charge is 0.455 e.